The zero-order valence-electron chi connectivity index (χ0n) is 11.0. The van der Waals surface area contributed by atoms with Crippen LogP contribution >= 0.6 is 0 Å². The summed E-state index contributed by atoms with van der Waals surface area (Å²) in [6.07, 6.45) is 7.63. The molecule has 1 saturated heterocycles. The zero-order chi connectivity index (χ0) is 13.1. The lowest BCUT2D eigenvalue weighted by molar-refractivity contribution is 0.201. The molecule has 3 N–H and O–H groups in total. The molecule has 5 nitrogen and oxygen atoms in total. The molecule has 0 radical (unpaired) electrons. The normalized spacial score (nSPS) is 25.4. The van der Waals surface area contributed by atoms with Gasteiger partial charge in [-0.15, -0.1) is 0 Å². The number of rotatable bonds is 5. The second-order valence-electron chi connectivity index (χ2n) is 5.70. The molecule has 2 fully saturated rings. The smallest absolute Gasteiger partial charge is 0.279 e. The van der Waals surface area contributed by atoms with Gasteiger partial charge in [0.15, 0.2) is 0 Å². The Morgan fingerprint density at radius 2 is 1.67 bits per heavy atom. The molecule has 0 amide bonds. The predicted octanol–water partition coefficient (Wildman–Crippen LogP) is 0.826. The summed E-state index contributed by atoms with van der Waals surface area (Å²) in [4.78, 5) is 0. The molecule has 0 aromatic rings. The van der Waals surface area contributed by atoms with Gasteiger partial charge in [0, 0.05) is 19.6 Å². The quantitative estimate of drug-likeness (QED) is 0.780. The molecular formula is C12H25N3O2S. The molecule has 2 aliphatic rings. The van der Waals surface area contributed by atoms with Crippen LogP contribution < -0.4 is 10.5 Å². The Balaban J connectivity index is 1.92. The maximum Gasteiger partial charge on any atom is 0.279 e. The molecule has 1 heterocycles. The van der Waals surface area contributed by atoms with E-state index in [1.54, 1.807) is 4.31 Å². The fraction of sp³-hybridized carbons (Fsp3) is 1.00. The Bertz CT molecular complexity index is 358. The first-order valence-electron chi connectivity index (χ1n) is 7.03. The molecule has 6 heteroatoms. The van der Waals surface area contributed by atoms with E-state index >= 15 is 0 Å². The molecule has 1 aliphatic heterocycles. The second kappa shape index (κ2) is 5.86. The van der Waals surface area contributed by atoms with Gasteiger partial charge < -0.3 is 5.73 Å². The van der Waals surface area contributed by atoms with Crippen LogP contribution in [0.2, 0.25) is 0 Å². The van der Waals surface area contributed by atoms with Crippen LogP contribution in [-0.2, 0) is 10.2 Å². The summed E-state index contributed by atoms with van der Waals surface area (Å²) < 4.78 is 28.6. The fourth-order valence-corrected chi connectivity index (χ4v) is 4.43. The monoisotopic (exact) mass is 275 g/mol. The van der Waals surface area contributed by atoms with Gasteiger partial charge in [-0.1, -0.05) is 19.3 Å². The Kier molecular flexibility index (Phi) is 4.64. The molecule has 0 aromatic carbocycles. The number of nitrogens with zero attached hydrogens (tertiary/aromatic N) is 1. The van der Waals surface area contributed by atoms with Crippen molar-refractivity contribution in [3.05, 3.63) is 0 Å². The van der Waals surface area contributed by atoms with E-state index in [4.69, 9.17) is 5.73 Å². The molecule has 0 spiro atoms. The molecule has 0 bridgehead atoms. The van der Waals surface area contributed by atoms with Gasteiger partial charge in [0.1, 0.15) is 0 Å². The van der Waals surface area contributed by atoms with Crippen LogP contribution in [0.15, 0.2) is 0 Å². The van der Waals surface area contributed by atoms with Crippen LogP contribution in [0.5, 0.6) is 0 Å². The minimum Gasteiger partial charge on any atom is -0.330 e. The van der Waals surface area contributed by atoms with Crippen LogP contribution in [0.3, 0.4) is 0 Å². The van der Waals surface area contributed by atoms with E-state index in [1.807, 2.05) is 0 Å². The lowest BCUT2D eigenvalue weighted by atomic mass is 9.74. The number of nitrogens with two attached hydrogens (primary N) is 1. The predicted molar refractivity (Wildman–Crippen MR) is 72.3 cm³/mol. The molecule has 0 unspecified atom stereocenters. The number of hydrogen-bond acceptors (Lipinski definition) is 3. The van der Waals surface area contributed by atoms with Gasteiger partial charge in [0.2, 0.25) is 0 Å². The Labute approximate surface area is 110 Å². The molecule has 0 atom stereocenters. The molecule has 2 rings (SSSR count). The average molecular weight is 275 g/mol. The highest BCUT2D eigenvalue weighted by molar-refractivity contribution is 7.87. The first-order chi connectivity index (χ1) is 8.58. The Morgan fingerprint density at radius 1 is 1.06 bits per heavy atom. The zero-order valence-corrected chi connectivity index (χ0v) is 11.8. The minimum atomic E-state index is -3.28. The van der Waals surface area contributed by atoms with Gasteiger partial charge in [-0.25, -0.2) is 4.72 Å². The van der Waals surface area contributed by atoms with Crippen LogP contribution in [0.25, 0.3) is 0 Å². The van der Waals surface area contributed by atoms with Crippen LogP contribution in [-0.4, -0.2) is 38.9 Å². The third-order valence-electron chi connectivity index (χ3n) is 4.38. The van der Waals surface area contributed by atoms with Crippen LogP contribution in [0, 0.1) is 5.41 Å². The SMILES string of the molecule is NCC1(CNS(=O)(=O)N2CCCC2)CCCCC1. The highest BCUT2D eigenvalue weighted by Gasteiger charge is 2.33. The van der Waals surface area contributed by atoms with Gasteiger partial charge in [-0.2, -0.15) is 12.7 Å². The fourth-order valence-electron chi connectivity index (χ4n) is 3.02. The molecule has 106 valence electrons. The van der Waals surface area contributed by atoms with Crippen molar-refractivity contribution in [3.63, 3.8) is 0 Å². The van der Waals surface area contributed by atoms with E-state index in [2.05, 4.69) is 4.72 Å². The highest BCUT2D eigenvalue weighted by atomic mass is 32.2. The van der Waals surface area contributed by atoms with E-state index < -0.39 is 10.2 Å². The highest BCUT2D eigenvalue weighted by Crippen LogP contribution is 2.34. The first kappa shape index (κ1) is 14.2. The maximum absolute atomic E-state index is 12.1. The molecule has 18 heavy (non-hydrogen) atoms. The summed E-state index contributed by atoms with van der Waals surface area (Å²) in [7, 11) is -3.28. The van der Waals surface area contributed by atoms with E-state index in [0.29, 0.717) is 26.2 Å². The molecule has 1 saturated carbocycles. The van der Waals surface area contributed by atoms with Crippen molar-refractivity contribution < 1.29 is 8.42 Å². The van der Waals surface area contributed by atoms with Gasteiger partial charge in [-0.05, 0) is 37.6 Å². The van der Waals surface area contributed by atoms with Crippen molar-refractivity contribution in [2.75, 3.05) is 26.2 Å². The van der Waals surface area contributed by atoms with Gasteiger partial charge in [-0.3, -0.25) is 0 Å². The second-order valence-corrected chi connectivity index (χ2v) is 7.45. The Hall–Kier alpha value is -0.170. The summed E-state index contributed by atoms with van der Waals surface area (Å²) in [5.41, 5.74) is 5.86. The third kappa shape index (κ3) is 3.23. The van der Waals surface area contributed by atoms with Crippen molar-refractivity contribution >= 4 is 10.2 Å². The summed E-state index contributed by atoms with van der Waals surface area (Å²) in [6, 6.07) is 0. The van der Waals surface area contributed by atoms with Crippen molar-refractivity contribution in [2.24, 2.45) is 11.1 Å². The van der Waals surface area contributed by atoms with E-state index in [-0.39, 0.29) is 5.41 Å². The summed E-state index contributed by atoms with van der Waals surface area (Å²) in [5, 5.41) is 0. The van der Waals surface area contributed by atoms with E-state index in [0.717, 1.165) is 25.7 Å². The van der Waals surface area contributed by atoms with Crippen LogP contribution in [0.1, 0.15) is 44.9 Å². The van der Waals surface area contributed by atoms with Gasteiger partial charge in [0.25, 0.3) is 10.2 Å². The van der Waals surface area contributed by atoms with E-state index in [1.165, 1.54) is 19.3 Å². The third-order valence-corrected chi connectivity index (χ3v) is 5.94. The first-order valence-corrected chi connectivity index (χ1v) is 8.47. The lowest BCUT2D eigenvalue weighted by Crippen LogP contribution is -2.47. The molecule has 1 aliphatic carbocycles. The number of hydrogen-bond donors (Lipinski definition) is 2. The van der Waals surface area contributed by atoms with Gasteiger partial charge >= 0.3 is 0 Å². The number of nitrogens with one attached hydrogen (secondary N) is 1. The molecule has 0 aromatic heterocycles. The summed E-state index contributed by atoms with van der Waals surface area (Å²) >= 11 is 0. The van der Waals surface area contributed by atoms with Gasteiger partial charge in [0.05, 0.1) is 0 Å². The largest absolute Gasteiger partial charge is 0.330 e. The Morgan fingerprint density at radius 3 is 2.22 bits per heavy atom. The summed E-state index contributed by atoms with van der Waals surface area (Å²) in [5.74, 6) is 0. The lowest BCUT2D eigenvalue weighted by Gasteiger charge is -2.36. The minimum absolute atomic E-state index is 0.00888. The van der Waals surface area contributed by atoms with Crippen molar-refractivity contribution in [2.45, 2.75) is 44.9 Å². The van der Waals surface area contributed by atoms with Crippen LogP contribution in [0.4, 0.5) is 0 Å². The maximum atomic E-state index is 12.1. The van der Waals surface area contributed by atoms with Crippen molar-refractivity contribution in [3.8, 4) is 0 Å². The standard InChI is InChI=1S/C12H25N3O2S/c13-10-12(6-2-1-3-7-12)11-14-18(16,17)15-8-4-5-9-15/h14H,1-11,13H2. The van der Waals surface area contributed by atoms with Crippen molar-refractivity contribution in [1.82, 2.24) is 9.03 Å². The summed E-state index contributed by atoms with van der Waals surface area (Å²) in [6.45, 7) is 2.40. The van der Waals surface area contributed by atoms with Crippen molar-refractivity contribution in [1.29, 1.82) is 0 Å². The average Bonchev–Trinajstić information content (AvgIpc) is 2.92. The van der Waals surface area contributed by atoms with E-state index in [9.17, 15) is 8.42 Å². The topological polar surface area (TPSA) is 75.4 Å². The molecular weight excluding hydrogens is 250 g/mol.